The Hall–Kier alpha value is -3.49. The van der Waals surface area contributed by atoms with Gasteiger partial charge in [0.1, 0.15) is 6.04 Å². The van der Waals surface area contributed by atoms with Crippen LogP contribution in [0.5, 0.6) is 0 Å². The molecule has 1 aliphatic rings. The molecule has 5 rings (SSSR count). The maximum Gasteiger partial charge on any atom is 0.337 e. The third-order valence-corrected chi connectivity index (χ3v) is 7.35. The van der Waals surface area contributed by atoms with Crippen molar-refractivity contribution in [1.82, 2.24) is 14.9 Å². The first-order valence-electron chi connectivity index (χ1n) is 11.1. The second-order valence-electron chi connectivity index (χ2n) is 8.28. The van der Waals surface area contributed by atoms with Crippen molar-refractivity contribution in [3.05, 3.63) is 112 Å². The maximum atomic E-state index is 12.2. The molecule has 0 spiro atoms. The molecule has 2 atom stereocenters. The summed E-state index contributed by atoms with van der Waals surface area (Å²) in [4.78, 5) is 19.0. The minimum Gasteiger partial charge on any atom is -0.465 e. The number of nitrogens with one attached hydrogen (secondary N) is 1. The Kier molecular flexibility index (Phi) is 6.40. The Balaban J connectivity index is 1.66. The number of nitrogens with zero attached hydrogens (tertiary/aromatic N) is 3. The monoisotopic (exact) mass is 546 g/mol. The first kappa shape index (κ1) is 23.3. The summed E-state index contributed by atoms with van der Waals surface area (Å²) in [5.74, 6) is -0.373. The van der Waals surface area contributed by atoms with Crippen LogP contribution >= 0.6 is 28.1 Å². The number of pyridine rings is 1. The van der Waals surface area contributed by atoms with E-state index in [1.54, 1.807) is 12.3 Å². The number of carbonyl (C=O) groups is 1. The number of hydrogen-bond donors (Lipinski definition) is 1. The summed E-state index contributed by atoms with van der Waals surface area (Å²) in [6.07, 6.45) is 3.79. The molecular weight excluding hydrogens is 524 g/mol. The first-order valence-corrected chi connectivity index (χ1v) is 12.3. The lowest BCUT2D eigenvalue weighted by Gasteiger charge is -2.29. The summed E-state index contributed by atoms with van der Waals surface area (Å²) >= 11 is 9.47. The number of aromatic nitrogens is 2. The van der Waals surface area contributed by atoms with Crippen molar-refractivity contribution >= 4 is 44.9 Å². The third-order valence-electron chi connectivity index (χ3n) is 6.15. The predicted molar refractivity (Wildman–Crippen MR) is 144 cm³/mol. The average molecular weight is 547 g/mol. The van der Waals surface area contributed by atoms with Gasteiger partial charge in [-0.1, -0.05) is 28.1 Å². The van der Waals surface area contributed by atoms with Crippen LogP contribution in [0.2, 0.25) is 0 Å². The smallest absolute Gasteiger partial charge is 0.337 e. The van der Waals surface area contributed by atoms with E-state index in [0.717, 1.165) is 32.8 Å². The molecule has 6 nitrogen and oxygen atoms in total. The number of carbonyl (C=O) groups excluding carboxylic acids is 1. The number of rotatable bonds is 5. The molecule has 8 heteroatoms. The van der Waals surface area contributed by atoms with Crippen LogP contribution in [0.3, 0.4) is 0 Å². The molecule has 0 unspecified atom stereocenters. The fourth-order valence-corrected chi connectivity index (χ4v) is 5.08. The number of thiocarbonyl (C=S) groups is 1. The van der Waals surface area contributed by atoms with E-state index >= 15 is 0 Å². The lowest BCUT2D eigenvalue weighted by molar-refractivity contribution is 0.0600. The highest BCUT2D eigenvalue weighted by molar-refractivity contribution is 9.10. The Bertz CT molecular complexity index is 1410. The molecule has 0 aliphatic carbocycles. The molecule has 2 aromatic carbocycles. The first-order chi connectivity index (χ1) is 17.0. The van der Waals surface area contributed by atoms with Crippen LogP contribution in [0.25, 0.3) is 5.69 Å². The summed E-state index contributed by atoms with van der Waals surface area (Å²) in [5.41, 5.74) is 5.36. The average Bonchev–Trinajstić information content (AvgIpc) is 3.50. The van der Waals surface area contributed by atoms with Crippen LogP contribution in [0.15, 0.2) is 89.7 Å². The van der Waals surface area contributed by atoms with Gasteiger partial charge in [-0.05, 0) is 85.4 Å². The second kappa shape index (κ2) is 9.64. The molecule has 1 N–H and O–H groups in total. The number of benzene rings is 2. The zero-order chi connectivity index (χ0) is 24.5. The predicted octanol–water partition coefficient (Wildman–Crippen LogP) is 5.91. The maximum absolute atomic E-state index is 12.2. The third kappa shape index (κ3) is 4.35. The summed E-state index contributed by atoms with van der Waals surface area (Å²) in [7, 11) is 1.39. The largest absolute Gasteiger partial charge is 0.465 e. The van der Waals surface area contributed by atoms with Gasteiger partial charge in [0.15, 0.2) is 5.11 Å². The van der Waals surface area contributed by atoms with Gasteiger partial charge >= 0.3 is 5.97 Å². The summed E-state index contributed by atoms with van der Waals surface area (Å²) in [6.45, 7) is 2.06. The molecule has 4 aromatic rings. The normalized spacial score (nSPS) is 17.3. The molecule has 3 heterocycles. The van der Waals surface area contributed by atoms with E-state index in [1.165, 1.54) is 7.11 Å². The molecular formula is C27H23BrN4O2S. The highest BCUT2D eigenvalue weighted by atomic mass is 79.9. The van der Waals surface area contributed by atoms with Gasteiger partial charge in [-0.15, -0.1) is 0 Å². The topological polar surface area (TPSA) is 59.4 Å². The highest BCUT2D eigenvalue weighted by Crippen LogP contribution is 2.42. The van der Waals surface area contributed by atoms with Crippen molar-refractivity contribution in [2.45, 2.75) is 19.0 Å². The molecule has 0 amide bonds. The fraction of sp³-hybridized carbons (Fsp3) is 0.148. The zero-order valence-electron chi connectivity index (χ0n) is 19.2. The van der Waals surface area contributed by atoms with Crippen molar-refractivity contribution in [2.24, 2.45) is 0 Å². The molecule has 0 radical (unpaired) electrons. The van der Waals surface area contributed by atoms with Crippen molar-refractivity contribution in [3.63, 3.8) is 0 Å². The van der Waals surface area contributed by atoms with Gasteiger partial charge in [-0.25, -0.2) is 4.79 Å². The van der Waals surface area contributed by atoms with Crippen LogP contribution in [0.1, 0.15) is 39.4 Å². The molecule has 176 valence electrons. The van der Waals surface area contributed by atoms with E-state index in [1.807, 2.05) is 54.7 Å². The quantitative estimate of drug-likeness (QED) is 0.248. The Morgan fingerprint density at radius 2 is 1.91 bits per heavy atom. The van der Waals surface area contributed by atoms with Gasteiger partial charge in [0, 0.05) is 33.9 Å². The summed E-state index contributed by atoms with van der Waals surface area (Å²) < 4.78 is 8.05. The number of anilines is 1. The lowest BCUT2D eigenvalue weighted by atomic mass is 10.0. The number of aryl methyl sites for hydroxylation is 1. The van der Waals surface area contributed by atoms with Crippen molar-refractivity contribution in [3.8, 4) is 5.69 Å². The zero-order valence-corrected chi connectivity index (χ0v) is 21.6. The standard InChI is InChI=1S/C27H23BrN4O2S/c1-17-15-20(11-12-21(17)28)32-25(24(30-27(32)35)22-9-3-4-13-29-22)23-10-6-14-31(23)19-8-5-7-18(16-19)26(33)34-2/h3-16,24-25H,1-2H3,(H,30,35)/t24-,25-/m0/s1. The van der Waals surface area contributed by atoms with Gasteiger partial charge in [-0.3, -0.25) is 4.98 Å². The number of methoxy groups -OCH3 is 1. The molecule has 1 fully saturated rings. The van der Waals surface area contributed by atoms with E-state index in [4.69, 9.17) is 17.0 Å². The van der Waals surface area contributed by atoms with E-state index in [0.29, 0.717) is 10.7 Å². The number of ether oxygens (including phenoxy) is 1. The minimum absolute atomic E-state index is 0.176. The number of hydrogen-bond acceptors (Lipinski definition) is 4. The Morgan fingerprint density at radius 1 is 1.06 bits per heavy atom. The van der Waals surface area contributed by atoms with Crippen molar-refractivity contribution in [2.75, 3.05) is 12.0 Å². The number of esters is 1. The van der Waals surface area contributed by atoms with Crippen molar-refractivity contribution in [1.29, 1.82) is 0 Å². The number of halogens is 1. The van der Waals surface area contributed by atoms with E-state index < -0.39 is 0 Å². The van der Waals surface area contributed by atoms with Crippen LogP contribution < -0.4 is 10.2 Å². The second-order valence-corrected chi connectivity index (χ2v) is 9.52. The van der Waals surface area contributed by atoms with E-state index in [-0.39, 0.29) is 18.1 Å². The van der Waals surface area contributed by atoms with E-state index in [2.05, 4.69) is 60.8 Å². The van der Waals surface area contributed by atoms with Gasteiger partial charge in [-0.2, -0.15) is 0 Å². The summed E-state index contributed by atoms with van der Waals surface area (Å²) in [5, 5.41) is 4.13. The fourth-order valence-electron chi connectivity index (χ4n) is 4.48. The van der Waals surface area contributed by atoms with Crippen molar-refractivity contribution < 1.29 is 9.53 Å². The molecule has 1 saturated heterocycles. The lowest BCUT2D eigenvalue weighted by Crippen LogP contribution is -2.30. The minimum atomic E-state index is -0.373. The molecule has 0 bridgehead atoms. The van der Waals surface area contributed by atoms with E-state index in [9.17, 15) is 4.79 Å². The van der Waals surface area contributed by atoms with Gasteiger partial charge in [0.2, 0.25) is 0 Å². The SMILES string of the molecule is COC(=O)c1cccc(-n2cccc2[C@H]2[C@H](c3ccccn3)NC(=S)N2c2ccc(Br)c(C)c2)c1. The van der Waals surface area contributed by atoms with Gasteiger partial charge in [0.05, 0.1) is 24.4 Å². The van der Waals surface area contributed by atoms with Crippen LogP contribution in [0.4, 0.5) is 5.69 Å². The van der Waals surface area contributed by atoms with Crippen LogP contribution in [-0.4, -0.2) is 27.7 Å². The Labute approximate surface area is 217 Å². The molecule has 0 saturated carbocycles. The highest BCUT2D eigenvalue weighted by Gasteiger charge is 2.42. The molecule has 1 aliphatic heterocycles. The Morgan fingerprint density at radius 3 is 2.66 bits per heavy atom. The van der Waals surface area contributed by atoms with Crippen LogP contribution in [-0.2, 0) is 4.74 Å². The van der Waals surface area contributed by atoms with Gasteiger partial charge in [0.25, 0.3) is 0 Å². The molecule has 2 aromatic heterocycles. The molecule has 35 heavy (non-hydrogen) atoms. The van der Waals surface area contributed by atoms with Crippen LogP contribution in [0, 0.1) is 6.92 Å². The van der Waals surface area contributed by atoms with Gasteiger partial charge < -0.3 is 19.5 Å². The summed E-state index contributed by atoms with van der Waals surface area (Å²) in [6, 6.07) is 23.3.